The van der Waals surface area contributed by atoms with Crippen LogP contribution in [0.5, 0.6) is 0 Å². The summed E-state index contributed by atoms with van der Waals surface area (Å²) < 4.78 is 0. The summed E-state index contributed by atoms with van der Waals surface area (Å²) in [6.07, 6.45) is 1.41. The number of hydrogen-bond acceptors (Lipinski definition) is 2. The van der Waals surface area contributed by atoms with E-state index in [1.54, 1.807) is 0 Å². The SMILES string of the molecule is Cc1c(Cl)ncnc1CCl. The van der Waals surface area contributed by atoms with Gasteiger partial charge >= 0.3 is 0 Å². The van der Waals surface area contributed by atoms with Gasteiger partial charge in [-0.25, -0.2) is 9.97 Å². The molecule has 0 aliphatic heterocycles. The van der Waals surface area contributed by atoms with Gasteiger partial charge in [-0.15, -0.1) is 11.6 Å². The Labute approximate surface area is 69.2 Å². The van der Waals surface area contributed by atoms with Crippen molar-refractivity contribution in [3.8, 4) is 0 Å². The molecule has 10 heavy (non-hydrogen) atoms. The van der Waals surface area contributed by atoms with Gasteiger partial charge in [0.15, 0.2) is 0 Å². The number of aromatic nitrogens is 2. The molecule has 0 N–H and O–H groups in total. The highest BCUT2D eigenvalue weighted by molar-refractivity contribution is 6.30. The van der Waals surface area contributed by atoms with Crippen molar-refractivity contribution in [1.82, 2.24) is 9.97 Å². The second-order valence-electron chi connectivity index (χ2n) is 1.87. The third-order valence-electron chi connectivity index (χ3n) is 1.25. The highest BCUT2D eigenvalue weighted by Crippen LogP contribution is 2.14. The van der Waals surface area contributed by atoms with Gasteiger partial charge in [0.05, 0.1) is 11.6 Å². The van der Waals surface area contributed by atoms with Crippen LogP contribution in [0, 0.1) is 6.92 Å². The van der Waals surface area contributed by atoms with E-state index in [2.05, 4.69) is 9.97 Å². The van der Waals surface area contributed by atoms with Crippen molar-refractivity contribution in [3.05, 3.63) is 22.7 Å². The van der Waals surface area contributed by atoms with E-state index in [9.17, 15) is 0 Å². The molecule has 0 bridgehead atoms. The van der Waals surface area contributed by atoms with Crippen molar-refractivity contribution in [3.63, 3.8) is 0 Å². The molecule has 0 atom stereocenters. The van der Waals surface area contributed by atoms with Gasteiger partial charge in [-0.3, -0.25) is 0 Å². The third kappa shape index (κ3) is 1.39. The van der Waals surface area contributed by atoms with Gasteiger partial charge in [0.25, 0.3) is 0 Å². The molecule has 2 nitrogen and oxygen atoms in total. The molecule has 1 aromatic rings. The fraction of sp³-hybridized carbons (Fsp3) is 0.333. The van der Waals surface area contributed by atoms with Crippen molar-refractivity contribution < 1.29 is 0 Å². The van der Waals surface area contributed by atoms with Crippen LogP contribution in [0.25, 0.3) is 0 Å². The van der Waals surface area contributed by atoms with Crippen LogP contribution < -0.4 is 0 Å². The molecule has 0 spiro atoms. The molecule has 0 radical (unpaired) electrons. The molecule has 0 aliphatic rings. The average molecular weight is 177 g/mol. The number of alkyl halides is 1. The maximum absolute atomic E-state index is 5.68. The molecule has 1 heterocycles. The van der Waals surface area contributed by atoms with Crippen LogP contribution in [0.1, 0.15) is 11.3 Å². The van der Waals surface area contributed by atoms with Gasteiger partial charge in [-0.1, -0.05) is 11.6 Å². The minimum Gasteiger partial charge on any atom is -0.240 e. The number of halogens is 2. The molecule has 0 saturated heterocycles. The van der Waals surface area contributed by atoms with E-state index < -0.39 is 0 Å². The van der Waals surface area contributed by atoms with E-state index in [4.69, 9.17) is 23.2 Å². The summed E-state index contributed by atoms with van der Waals surface area (Å²) >= 11 is 11.2. The van der Waals surface area contributed by atoms with Crippen LogP contribution in [0.3, 0.4) is 0 Å². The molecule has 4 heteroatoms. The fourth-order valence-electron chi connectivity index (χ4n) is 0.597. The fourth-order valence-corrected chi connectivity index (χ4v) is 1.02. The van der Waals surface area contributed by atoms with Gasteiger partial charge in [0.2, 0.25) is 0 Å². The Kier molecular flexibility index (Phi) is 2.46. The van der Waals surface area contributed by atoms with Crippen molar-refractivity contribution in [2.24, 2.45) is 0 Å². The average Bonchev–Trinajstić information content (AvgIpc) is 1.95. The predicted molar refractivity (Wildman–Crippen MR) is 41.3 cm³/mol. The topological polar surface area (TPSA) is 25.8 Å². The summed E-state index contributed by atoms with van der Waals surface area (Å²) in [5.74, 6) is 0.383. The van der Waals surface area contributed by atoms with Crippen LogP contribution in [0.2, 0.25) is 5.15 Å². The van der Waals surface area contributed by atoms with Crippen LogP contribution in [-0.2, 0) is 5.88 Å². The normalized spacial score (nSPS) is 9.90. The summed E-state index contributed by atoms with van der Waals surface area (Å²) in [6.45, 7) is 1.85. The van der Waals surface area contributed by atoms with Crippen LogP contribution >= 0.6 is 23.2 Å². The second-order valence-corrected chi connectivity index (χ2v) is 2.50. The first-order valence-corrected chi connectivity index (χ1v) is 3.69. The summed E-state index contributed by atoms with van der Waals surface area (Å²) in [5, 5.41) is 0.477. The van der Waals surface area contributed by atoms with E-state index in [1.165, 1.54) is 6.33 Å². The Hall–Kier alpha value is -0.340. The van der Waals surface area contributed by atoms with Crippen molar-refractivity contribution >= 4 is 23.2 Å². The molecule has 0 amide bonds. The number of nitrogens with zero attached hydrogens (tertiary/aromatic N) is 2. The summed E-state index contributed by atoms with van der Waals surface area (Å²) in [5.41, 5.74) is 1.65. The maximum Gasteiger partial charge on any atom is 0.135 e. The van der Waals surface area contributed by atoms with Crippen molar-refractivity contribution in [1.29, 1.82) is 0 Å². The first-order valence-electron chi connectivity index (χ1n) is 2.77. The quantitative estimate of drug-likeness (QED) is 0.485. The minimum atomic E-state index is 0.383. The van der Waals surface area contributed by atoms with E-state index in [0.717, 1.165) is 11.3 Å². The van der Waals surface area contributed by atoms with Crippen LogP contribution in [-0.4, -0.2) is 9.97 Å². The highest BCUT2D eigenvalue weighted by atomic mass is 35.5. The van der Waals surface area contributed by atoms with E-state index >= 15 is 0 Å². The Morgan fingerprint density at radius 1 is 1.50 bits per heavy atom. The number of hydrogen-bond donors (Lipinski definition) is 0. The lowest BCUT2D eigenvalue weighted by atomic mass is 10.3. The first kappa shape index (κ1) is 7.76. The minimum absolute atomic E-state index is 0.383. The smallest absolute Gasteiger partial charge is 0.135 e. The zero-order valence-corrected chi connectivity index (χ0v) is 6.95. The first-order chi connectivity index (χ1) is 4.75. The monoisotopic (exact) mass is 176 g/mol. The second kappa shape index (κ2) is 3.17. The molecular formula is C6H6Cl2N2. The Morgan fingerprint density at radius 3 is 2.70 bits per heavy atom. The van der Waals surface area contributed by atoms with Gasteiger partial charge in [0.1, 0.15) is 11.5 Å². The molecule has 0 unspecified atom stereocenters. The number of rotatable bonds is 1. The zero-order chi connectivity index (χ0) is 7.56. The lowest BCUT2D eigenvalue weighted by molar-refractivity contribution is 1.05. The molecular weight excluding hydrogens is 171 g/mol. The van der Waals surface area contributed by atoms with Gasteiger partial charge in [-0.05, 0) is 6.92 Å². The highest BCUT2D eigenvalue weighted by Gasteiger charge is 2.01. The Morgan fingerprint density at radius 2 is 2.20 bits per heavy atom. The lowest BCUT2D eigenvalue weighted by Gasteiger charge is -1.99. The van der Waals surface area contributed by atoms with Gasteiger partial charge < -0.3 is 0 Å². The van der Waals surface area contributed by atoms with Gasteiger partial charge in [-0.2, -0.15) is 0 Å². The zero-order valence-electron chi connectivity index (χ0n) is 5.43. The summed E-state index contributed by atoms with van der Waals surface area (Å²) in [4.78, 5) is 7.71. The van der Waals surface area contributed by atoms with Crippen molar-refractivity contribution in [2.75, 3.05) is 0 Å². The Balaban J connectivity index is 3.14. The predicted octanol–water partition coefficient (Wildman–Crippen LogP) is 2.18. The van der Waals surface area contributed by atoms with E-state index in [0.29, 0.717) is 11.0 Å². The molecule has 54 valence electrons. The standard InChI is InChI=1S/C6H6Cl2N2/c1-4-5(2-7)9-3-10-6(4)8/h3H,2H2,1H3. The molecule has 1 rings (SSSR count). The summed E-state index contributed by atoms with van der Waals surface area (Å²) in [7, 11) is 0. The Bertz CT molecular complexity index is 237. The molecule has 0 saturated carbocycles. The molecule has 0 aliphatic carbocycles. The van der Waals surface area contributed by atoms with E-state index in [-0.39, 0.29) is 0 Å². The molecule has 1 aromatic heterocycles. The lowest BCUT2D eigenvalue weighted by Crippen LogP contribution is -1.92. The largest absolute Gasteiger partial charge is 0.240 e. The molecule has 0 fully saturated rings. The summed E-state index contributed by atoms with van der Waals surface area (Å²) in [6, 6.07) is 0. The molecule has 0 aromatic carbocycles. The van der Waals surface area contributed by atoms with Crippen molar-refractivity contribution in [2.45, 2.75) is 12.8 Å². The van der Waals surface area contributed by atoms with Gasteiger partial charge in [0, 0.05) is 5.56 Å². The maximum atomic E-state index is 5.68. The van der Waals surface area contributed by atoms with E-state index in [1.807, 2.05) is 6.92 Å². The van der Waals surface area contributed by atoms with Crippen LogP contribution in [0.15, 0.2) is 6.33 Å². The third-order valence-corrected chi connectivity index (χ3v) is 1.89. The van der Waals surface area contributed by atoms with Crippen LogP contribution in [0.4, 0.5) is 0 Å².